The molecule has 0 saturated heterocycles. The van der Waals surface area contributed by atoms with Crippen LogP contribution in [-0.2, 0) is 4.79 Å². The zero-order valence-electron chi connectivity index (χ0n) is 6.92. The largest absolute Gasteiger partial charge is 0.496 e. The zero-order valence-corrected chi connectivity index (χ0v) is 6.92. The van der Waals surface area contributed by atoms with Crippen LogP contribution in [-0.4, -0.2) is 18.5 Å². The van der Waals surface area contributed by atoms with Crippen molar-refractivity contribution >= 4 is 12.2 Å². The molecule has 0 unspecified atom stereocenters. The number of hydrogen-bond donors (Lipinski definition) is 1. The van der Waals surface area contributed by atoms with Crippen molar-refractivity contribution in [2.24, 2.45) is 0 Å². The summed E-state index contributed by atoms with van der Waals surface area (Å²) in [4.78, 5) is 13.9. The van der Waals surface area contributed by atoms with E-state index < -0.39 is 0 Å². The lowest BCUT2D eigenvalue weighted by atomic mass is 10.2. The fourth-order valence-electron chi connectivity index (χ4n) is 0.914. The SMILES string of the molecule is COc1ccnc(N[C]=O)c1C. The van der Waals surface area contributed by atoms with E-state index in [-0.39, 0.29) is 0 Å². The lowest BCUT2D eigenvalue weighted by molar-refractivity contribution is 0.411. The molecule has 1 N–H and O–H groups in total. The average molecular weight is 165 g/mol. The second-order valence-corrected chi connectivity index (χ2v) is 2.21. The molecule has 63 valence electrons. The van der Waals surface area contributed by atoms with Crippen molar-refractivity contribution < 1.29 is 9.53 Å². The molecule has 1 amide bonds. The van der Waals surface area contributed by atoms with Crippen molar-refractivity contribution in [3.05, 3.63) is 17.8 Å². The van der Waals surface area contributed by atoms with Gasteiger partial charge in [-0.05, 0) is 13.0 Å². The van der Waals surface area contributed by atoms with Crippen molar-refractivity contribution in [2.75, 3.05) is 12.4 Å². The van der Waals surface area contributed by atoms with Gasteiger partial charge in [-0.15, -0.1) is 0 Å². The Kier molecular flexibility index (Phi) is 2.63. The summed E-state index contributed by atoms with van der Waals surface area (Å²) in [6, 6.07) is 1.73. The first-order valence-corrected chi connectivity index (χ1v) is 3.42. The molecule has 12 heavy (non-hydrogen) atoms. The highest BCUT2D eigenvalue weighted by molar-refractivity contribution is 5.72. The van der Waals surface area contributed by atoms with Gasteiger partial charge < -0.3 is 10.1 Å². The van der Waals surface area contributed by atoms with Crippen molar-refractivity contribution in [3.8, 4) is 5.75 Å². The topological polar surface area (TPSA) is 51.2 Å². The van der Waals surface area contributed by atoms with Gasteiger partial charge in [0, 0.05) is 11.8 Å². The Hall–Kier alpha value is -1.58. The number of pyridine rings is 1. The summed E-state index contributed by atoms with van der Waals surface area (Å²) >= 11 is 0. The van der Waals surface area contributed by atoms with Gasteiger partial charge in [0.15, 0.2) is 0 Å². The lowest BCUT2D eigenvalue weighted by Gasteiger charge is -2.06. The monoisotopic (exact) mass is 165 g/mol. The van der Waals surface area contributed by atoms with E-state index in [4.69, 9.17) is 4.74 Å². The molecule has 1 aromatic rings. The smallest absolute Gasteiger partial charge is 0.315 e. The molecule has 0 saturated carbocycles. The molecule has 0 spiro atoms. The first-order valence-electron chi connectivity index (χ1n) is 3.42. The number of aromatic nitrogens is 1. The van der Waals surface area contributed by atoms with Crippen LogP contribution in [0, 0.1) is 6.92 Å². The second kappa shape index (κ2) is 3.71. The van der Waals surface area contributed by atoms with Crippen LogP contribution in [0.5, 0.6) is 5.75 Å². The molecule has 1 radical (unpaired) electrons. The van der Waals surface area contributed by atoms with E-state index in [0.717, 1.165) is 5.56 Å². The Balaban J connectivity index is 3.04. The Bertz CT molecular complexity index is 286. The first kappa shape index (κ1) is 8.52. The number of anilines is 1. The zero-order chi connectivity index (χ0) is 8.97. The number of hydrogen-bond acceptors (Lipinski definition) is 3. The van der Waals surface area contributed by atoms with Crippen LogP contribution in [0.1, 0.15) is 5.56 Å². The molecule has 4 heteroatoms. The van der Waals surface area contributed by atoms with Gasteiger partial charge >= 0.3 is 6.41 Å². The van der Waals surface area contributed by atoms with Crippen LogP contribution in [0.2, 0.25) is 0 Å². The number of methoxy groups -OCH3 is 1. The summed E-state index contributed by atoms with van der Waals surface area (Å²) < 4.78 is 5.02. The normalized spacial score (nSPS) is 9.17. The number of carbonyl (C=O) groups excluding carboxylic acids is 1. The number of ether oxygens (including phenoxy) is 1. The number of amides is 1. The molecule has 0 bridgehead atoms. The Labute approximate surface area is 70.6 Å². The molecule has 0 aromatic carbocycles. The quantitative estimate of drug-likeness (QED) is 0.676. The fraction of sp³-hybridized carbons (Fsp3) is 0.250. The van der Waals surface area contributed by atoms with Crippen molar-refractivity contribution in [3.63, 3.8) is 0 Å². The van der Waals surface area contributed by atoms with Gasteiger partial charge in [-0.2, -0.15) is 0 Å². The molecular formula is C8H9N2O2. The summed E-state index contributed by atoms with van der Waals surface area (Å²) in [5.41, 5.74) is 0.795. The number of nitrogens with one attached hydrogen (secondary N) is 1. The van der Waals surface area contributed by atoms with E-state index in [0.29, 0.717) is 11.6 Å². The molecule has 0 aliphatic carbocycles. The second-order valence-electron chi connectivity index (χ2n) is 2.21. The summed E-state index contributed by atoms with van der Waals surface area (Å²) in [5.74, 6) is 1.17. The molecule has 1 rings (SSSR count). The van der Waals surface area contributed by atoms with Crippen LogP contribution in [0.3, 0.4) is 0 Å². The molecule has 0 aliphatic heterocycles. The van der Waals surface area contributed by atoms with E-state index in [1.54, 1.807) is 25.8 Å². The molecule has 1 aromatic heterocycles. The van der Waals surface area contributed by atoms with Gasteiger partial charge in [-0.1, -0.05) is 0 Å². The van der Waals surface area contributed by atoms with Crippen LogP contribution in [0.15, 0.2) is 12.3 Å². The summed E-state index contributed by atoms with van der Waals surface area (Å²) in [5, 5.41) is 2.35. The average Bonchev–Trinajstić information content (AvgIpc) is 2.09. The Morgan fingerprint density at radius 1 is 1.67 bits per heavy atom. The van der Waals surface area contributed by atoms with E-state index in [2.05, 4.69) is 10.3 Å². The van der Waals surface area contributed by atoms with Gasteiger partial charge in [0.1, 0.15) is 11.6 Å². The predicted octanol–water partition coefficient (Wildman–Crippen LogP) is 0.878. The van der Waals surface area contributed by atoms with Crippen LogP contribution < -0.4 is 10.1 Å². The minimum absolute atomic E-state index is 0.476. The molecule has 0 aliphatic rings. The Morgan fingerprint density at radius 3 is 3.00 bits per heavy atom. The fourth-order valence-corrected chi connectivity index (χ4v) is 0.914. The third kappa shape index (κ3) is 1.53. The number of nitrogens with zero attached hydrogens (tertiary/aromatic N) is 1. The minimum Gasteiger partial charge on any atom is -0.496 e. The van der Waals surface area contributed by atoms with E-state index in [9.17, 15) is 4.79 Å². The highest BCUT2D eigenvalue weighted by Gasteiger charge is 2.03. The standard InChI is InChI=1S/C8H9N2O2/c1-6-7(12-2)3-4-9-8(6)10-5-11/h3-4H,1-2H3,(H,9,10,11). The van der Waals surface area contributed by atoms with Crippen molar-refractivity contribution in [2.45, 2.75) is 6.92 Å². The molecule has 0 atom stereocenters. The third-order valence-corrected chi connectivity index (χ3v) is 1.54. The maximum Gasteiger partial charge on any atom is 0.315 e. The van der Waals surface area contributed by atoms with Gasteiger partial charge in [-0.25, -0.2) is 4.98 Å². The lowest BCUT2D eigenvalue weighted by Crippen LogP contribution is -2.00. The van der Waals surface area contributed by atoms with Gasteiger partial charge in [0.2, 0.25) is 0 Å². The Morgan fingerprint density at radius 2 is 2.42 bits per heavy atom. The van der Waals surface area contributed by atoms with Crippen LogP contribution in [0.4, 0.5) is 5.82 Å². The van der Waals surface area contributed by atoms with Gasteiger partial charge in [-0.3, -0.25) is 4.79 Å². The van der Waals surface area contributed by atoms with Crippen molar-refractivity contribution in [1.82, 2.24) is 4.98 Å². The maximum absolute atomic E-state index is 10.0. The third-order valence-electron chi connectivity index (χ3n) is 1.54. The van der Waals surface area contributed by atoms with Crippen molar-refractivity contribution in [1.29, 1.82) is 0 Å². The van der Waals surface area contributed by atoms with E-state index in [1.165, 1.54) is 0 Å². The van der Waals surface area contributed by atoms with E-state index in [1.807, 2.05) is 6.92 Å². The van der Waals surface area contributed by atoms with Crippen LogP contribution in [0.25, 0.3) is 0 Å². The molecule has 1 heterocycles. The molecule has 0 fully saturated rings. The molecule has 4 nitrogen and oxygen atoms in total. The van der Waals surface area contributed by atoms with Crippen LogP contribution >= 0.6 is 0 Å². The minimum atomic E-state index is 0.476. The summed E-state index contributed by atoms with van der Waals surface area (Å²) in [7, 11) is 1.57. The summed E-state index contributed by atoms with van der Waals surface area (Å²) in [6.07, 6.45) is 3.12. The van der Waals surface area contributed by atoms with Gasteiger partial charge in [0.05, 0.1) is 7.11 Å². The number of rotatable bonds is 3. The summed E-state index contributed by atoms with van der Waals surface area (Å²) in [6.45, 7) is 1.81. The van der Waals surface area contributed by atoms with E-state index >= 15 is 0 Å². The maximum atomic E-state index is 10.0. The highest BCUT2D eigenvalue weighted by atomic mass is 16.5. The first-order chi connectivity index (χ1) is 5.79. The highest BCUT2D eigenvalue weighted by Crippen LogP contribution is 2.21. The predicted molar refractivity (Wildman–Crippen MR) is 44.8 cm³/mol. The molecular weight excluding hydrogens is 156 g/mol. The van der Waals surface area contributed by atoms with Gasteiger partial charge in [0.25, 0.3) is 0 Å².